The van der Waals surface area contributed by atoms with Crippen LogP contribution in [-0.4, -0.2) is 4.57 Å². The molecule has 1 aromatic heterocycles. The molecule has 0 saturated carbocycles. The molecule has 0 spiro atoms. The predicted molar refractivity (Wildman–Crippen MR) is 207 cm³/mol. The first-order chi connectivity index (χ1) is 23.8. The summed E-state index contributed by atoms with van der Waals surface area (Å²) in [4.78, 5) is 0. The van der Waals surface area contributed by atoms with Gasteiger partial charge in [-0.05, 0) is 109 Å². The van der Waals surface area contributed by atoms with Crippen molar-refractivity contribution in [2.75, 3.05) is 0 Å². The molecular formula is C48H37N. The molecule has 0 atom stereocenters. The number of nitrogens with zero attached hydrogens (tertiary/aromatic N) is 1. The lowest BCUT2D eigenvalue weighted by Gasteiger charge is -2.23. The minimum absolute atomic E-state index is 0.0371. The van der Waals surface area contributed by atoms with Gasteiger partial charge in [-0.15, -0.1) is 0 Å². The van der Waals surface area contributed by atoms with Crippen LogP contribution in [0.4, 0.5) is 0 Å². The Labute approximate surface area is 288 Å². The van der Waals surface area contributed by atoms with Gasteiger partial charge in [0, 0.05) is 27.3 Å². The summed E-state index contributed by atoms with van der Waals surface area (Å²) in [5, 5.41) is 2.66. The van der Waals surface area contributed by atoms with E-state index in [-0.39, 0.29) is 10.8 Å². The monoisotopic (exact) mass is 627 g/mol. The van der Waals surface area contributed by atoms with Crippen molar-refractivity contribution < 1.29 is 0 Å². The van der Waals surface area contributed by atoms with Crippen molar-refractivity contribution in [2.24, 2.45) is 0 Å². The zero-order valence-electron chi connectivity index (χ0n) is 28.4. The number of hydrogen-bond acceptors (Lipinski definition) is 0. The lowest BCUT2D eigenvalue weighted by atomic mass is 9.79. The third-order valence-corrected chi connectivity index (χ3v) is 11.6. The van der Waals surface area contributed by atoms with Gasteiger partial charge in [0.15, 0.2) is 0 Å². The minimum atomic E-state index is -0.176. The Balaban J connectivity index is 1.22. The predicted octanol–water partition coefficient (Wildman–Crippen LogP) is 12.7. The van der Waals surface area contributed by atoms with Crippen LogP contribution in [0.1, 0.15) is 49.9 Å². The largest absolute Gasteiger partial charge is 0.309 e. The molecule has 2 aliphatic rings. The van der Waals surface area contributed by atoms with E-state index < -0.39 is 0 Å². The number of hydrogen-bond donors (Lipinski definition) is 0. The maximum atomic E-state index is 2.46. The minimum Gasteiger partial charge on any atom is -0.309 e. The first-order valence-electron chi connectivity index (χ1n) is 17.4. The molecule has 234 valence electrons. The summed E-state index contributed by atoms with van der Waals surface area (Å²) in [5.41, 5.74) is 19.6. The fourth-order valence-electron chi connectivity index (χ4n) is 9.15. The van der Waals surface area contributed by atoms with Crippen molar-refractivity contribution in [3.63, 3.8) is 0 Å². The quantitative estimate of drug-likeness (QED) is 0.184. The van der Waals surface area contributed by atoms with E-state index in [0.717, 1.165) is 0 Å². The summed E-state index contributed by atoms with van der Waals surface area (Å²) in [6.07, 6.45) is 0. The number of benzene rings is 7. The number of para-hydroxylation sites is 1. The molecule has 0 fully saturated rings. The molecule has 0 bridgehead atoms. The van der Waals surface area contributed by atoms with E-state index in [9.17, 15) is 0 Å². The first kappa shape index (κ1) is 28.4. The van der Waals surface area contributed by atoms with E-state index in [1.54, 1.807) is 0 Å². The second kappa shape index (κ2) is 9.94. The fourth-order valence-corrected chi connectivity index (χ4v) is 9.15. The highest BCUT2D eigenvalue weighted by Crippen LogP contribution is 2.55. The van der Waals surface area contributed by atoms with Gasteiger partial charge in [0.1, 0.15) is 0 Å². The Morgan fingerprint density at radius 3 is 1.67 bits per heavy atom. The lowest BCUT2D eigenvalue weighted by Crippen LogP contribution is -2.15. The van der Waals surface area contributed by atoms with Crippen molar-refractivity contribution in [1.29, 1.82) is 0 Å². The summed E-state index contributed by atoms with van der Waals surface area (Å²) >= 11 is 0. The van der Waals surface area contributed by atoms with E-state index in [2.05, 4.69) is 184 Å². The summed E-state index contributed by atoms with van der Waals surface area (Å²) in [6, 6.07) is 56.6. The summed E-state index contributed by atoms with van der Waals surface area (Å²) in [5.74, 6) is 0. The molecule has 1 nitrogen and oxygen atoms in total. The molecule has 0 amide bonds. The molecule has 2 aliphatic carbocycles. The summed E-state index contributed by atoms with van der Waals surface area (Å²) in [6.45, 7) is 9.57. The van der Waals surface area contributed by atoms with Gasteiger partial charge < -0.3 is 4.57 Å². The average molecular weight is 628 g/mol. The molecule has 0 radical (unpaired) electrons. The zero-order valence-corrected chi connectivity index (χ0v) is 28.4. The van der Waals surface area contributed by atoms with Crippen LogP contribution in [0.15, 0.2) is 152 Å². The summed E-state index contributed by atoms with van der Waals surface area (Å²) < 4.78 is 2.46. The number of rotatable bonds is 3. The van der Waals surface area contributed by atoms with Crippen LogP contribution in [0.25, 0.3) is 72.0 Å². The first-order valence-corrected chi connectivity index (χ1v) is 17.4. The van der Waals surface area contributed by atoms with Crippen molar-refractivity contribution >= 4 is 21.8 Å². The van der Waals surface area contributed by atoms with E-state index in [4.69, 9.17) is 0 Å². The normalized spacial score (nSPS) is 14.9. The molecule has 1 heteroatoms. The van der Waals surface area contributed by atoms with Gasteiger partial charge in [0.25, 0.3) is 0 Å². The van der Waals surface area contributed by atoms with Crippen LogP contribution in [-0.2, 0) is 10.8 Å². The maximum absolute atomic E-state index is 2.46. The molecule has 0 unspecified atom stereocenters. The highest BCUT2D eigenvalue weighted by Gasteiger charge is 2.39. The third kappa shape index (κ3) is 3.88. The highest BCUT2D eigenvalue weighted by molar-refractivity contribution is 6.15. The fraction of sp³-hybridized carbons (Fsp3) is 0.125. The van der Waals surface area contributed by atoms with Gasteiger partial charge in [0.2, 0.25) is 0 Å². The molecule has 0 aliphatic heterocycles. The van der Waals surface area contributed by atoms with Crippen LogP contribution < -0.4 is 0 Å². The Morgan fingerprint density at radius 1 is 0.388 bits per heavy atom. The van der Waals surface area contributed by atoms with E-state index in [1.165, 1.54) is 94.3 Å². The van der Waals surface area contributed by atoms with Crippen LogP contribution in [0.5, 0.6) is 0 Å². The molecule has 7 aromatic carbocycles. The topological polar surface area (TPSA) is 4.93 Å². The van der Waals surface area contributed by atoms with E-state index >= 15 is 0 Å². The molecule has 10 rings (SSSR count). The Morgan fingerprint density at radius 2 is 0.918 bits per heavy atom. The van der Waals surface area contributed by atoms with Gasteiger partial charge in [-0.2, -0.15) is 0 Å². The molecule has 8 aromatic rings. The molecule has 0 N–H and O–H groups in total. The lowest BCUT2D eigenvalue weighted by molar-refractivity contribution is 0.660. The van der Waals surface area contributed by atoms with Crippen molar-refractivity contribution in [3.05, 3.63) is 174 Å². The Kier molecular flexibility index (Phi) is 5.75. The Hall–Kier alpha value is -5.66. The number of fused-ring (bicyclic) bond motifs is 10. The van der Waals surface area contributed by atoms with Crippen molar-refractivity contribution in [2.45, 2.75) is 38.5 Å². The van der Waals surface area contributed by atoms with Crippen LogP contribution in [0.3, 0.4) is 0 Å². The van der Waals surface area contributed by atoms with E-state index in [0.29, 0.717) is 0 Å². The van der Waals surface area contributed by atoms with Gasteiger partial charge in [-0.25, -0.2) is 0 Å². The second-order valence-electron chi connectivity index (χ2n) is 15.0. The smallest absolute Gasteiger partial charge is 0.0544 e. The molecule has 49 heavy (non-hydrogen) atoms. The second-order valence-corrected chi connectivity index (χ2v) is 15.0. The SMILES string of the molecule is CC1(C)c2ccccc2-c2ccc(-c3ccc4c(c3)c3c5c(ccc3n4-c3ccccc3)-c3ccc(-c4ccccc4)cc3C5(C)C)cc21. The average Bonchev–Trinajstić information content (AvgIpc) is 3.68. The van der Waals surface area contributed by atoms with Crippen LogP contribution in [0, 0.1) is 0 Å². The van der Waals surface area contributed by atoms with Gasteiger partial charge in [-0.1, -0.05) is 137 Å². The van der Waals surface area contributed by atoms with Gasteiger partial charge in [-0.3, -0.25) is 0 Å². The zero-order chi connectivity index (χ0) is 33.1. The molecular weight excluding hydrogens is 591 g/mol. The van der Waals surface area contributed by atoms with Crippen molar-refractivity contribution in [3.8, 4) is 50.2 Å². The van der Waals surface area contributed by atoms with E-state index in [1.807, 2.05) is 0 Å². The molecule has 1 heterocycles. The van der Waals surface area contributed by atoms with Crippen molar-refractivity contribution in [1.82, 2.24) is 4.57 Å². The highest BCUT2D eigenvalue weighted by atomic mass is 15.0. The summed E-state index contributed by atoms with van der Waals surface area (Å²) in [7, 11) is 0. The third-order valence-electron chi connectivity index (χ3n) is 11.6. The van der Waals surface area contributed by atoms with Gasteiger partial charge in [0.05, 0.1) is 11.0 Å². The van der Waals surface area contributed by atoms with Crippen LogP contribution in [0.2, 0.25) is 0 Å². The van der Waals surface area contributed by atoms with Gasteiger partial charge >= 0.3 is 0 Å². The maximum Gasteiger partial charge on any atom is 0.0544 e. The molecule has 0 saturated heterocycles. The number of aromatic nitrogens is 1. The van der Waals surface area contributed by atoms with Crippen LogP contribution >= 0.6 is 0 Å². The standard InChI is InChI=1S/C48H37N/c1-47(2)40-18-12-11-17-35(40)36-22-20-33(29-41(36)47)31-21-25-43-39(27-31)45-44(49(43)34-15-9-6-10-16-34)26-24-38-37-23-19-32(30-13-7-5-8-14-30)28-42(37)48(3,4)46(38)45/h5-29H,1-4H3. The Bertz CT molecular complexity index is 2630.